The molecule has 0 spiro atoms. The maximum Gasteiger partial charge on any atom is 0.248 e. The zero-order valence-corrected chi connectivity index (χ0v) is 8.71. The van der Waals surface area contributed by atoms with E-state index in [2.05, 4.69) is 23.0 Å². The van der Waals surface area contributed by atoms with Crippen molar-refractivity contribution in [3.05, 3.63) is 33.7 Å². The average Bonchev–Trinajstić information content (AvgIpc) is 2.49. The first-order valence-electron chi connectivity index (χ1n) is 5.08. The zero-order valence-electron chi connectivity index (χ0n) is 8.71. The monoisotopic (exact) mass is 192 g/mol. The molecule has 1 saturated heterocycles. The van der Waals surface area contributed by atoms with Gasteiger partial charge in [0.1, 0.15) is 0 Å². The smallest absolute Gasteiger partial charge is 0.248 e. The minimum absolute atomic E-state index is 0.0142. The Hall–Kier alpha value is -1.09. The second kappa shape index (κ2) is 3.58. The van der Waals surface area contributed by atoms with Crippen molar-refractivity contribution in [1.82, 2.24) is 9.88 Å². The van der Waals surface area contributed by atoms with E-state index < -0.39 is 0 Å². The number of H-pyrrole nitrogens is 1. The third kappa shape index (κ3) is 1.73. The molecule has 2 heterocycles. The Labute approximate surface area is 83.8 Å². The van der Waals surface area contributed by atoms with E-state index in [1.165, 1.54) is 12.8 Å². The molecule has 1 aliphatic heterocycles. The molecule has 14 heavy (non-hydrogen) atoms. The Morgan fingerprint density at radius 1 is 1.50 bits per heavy atom. The number of nitrogens with zero attached hydrogens (tertiary/aromatic N) is 1. The molecular weight excluding hydrogens is 176 g/mol. The Bertz CT molecular complexity index is 383. The summed E-state index contributed by atoms with van der Waals surface area (Å²) in [4.78, 5) is 16.4. The normalized spacial score (nSPS) is 22.9. The van der Waals surface area contributed by atoms with Gasteiger partial charge < -0.3 is 4.98 Å². The van der Waals surface area contributed by atoms with Gasteiger partial charge in [0, 0.05) is 17.8 Å². The summed E-state index contributed by atoms with van der Waals surface area (Å²) >= 11 is 0. The molecule has 1 atom stereocenters. The Morgan fingerprint density at radius 3 is 2.86 bits per heavy atom. The van der Waals surface area contributed by atoms with Crippen molar-refractivity contribution in [1.29, 1.82) is 0 Å². The van der Waals surface area contributed by atoms with E-state index in [4.69, 9.17) is 0 Å². The number of aromatic amines is 1. The molecule has 1 fully saturated rings. The molecule has 1 aromatic heterocycles. The highest BCUT2D eigenvalue weighted by molar-refractivity contribution is 5.20. The first-order valence-corrected chi connectivity index (χ1v) is 5.08. The summed E-state index contributed by atoms with van der Waals surface area (Å²) in [5.41, 5.74) is 2.12. The van der Waals surface area contributed by atoms with E-state index in [1.54, 1.807) is 6.07 Å². The summed E-state index contributed by atoms with van der Waals surface area (Å²) in [5.74, 6) is 0. The van der Waals surface area contributed by atoms with E-state index >= 15 is 0 Å². The van der Waals surface area contributed by atoms with Crippen LogP contribution in [0.5, 0.6) is 0 Å². The highest BCUT2D eigenvalue weighted by Crippen LogP contribution is 2.29. The zero-order chi connectivity index (χ0) is 10.1. The van der Waals surface area contributed by atoms with Gasteiger partial charge in [-0.1, -0.05) is 0 Å². The predicted octanol–water partition coefficient (Wildman–Crippen LogP) is 1.45. The van der Waals surface area contributed by atoms with Gasteiger partial charge in [0.05, 0.1) is 0 Å². The molecule has 0 aromatic carbocycles. The lowest BCUT2D eigenvalue weighted by Crippen LogP contribution is -2.19. The Balaban J connectivity index is 2.36. The van der Waals surface area contributed by atoms with Crippen LogP contribution in [0.3, 0.4) is 0 Å². The van der Waals surface area contributed by atoms with E-state index in [-0.39, 0.29) is 5.56 Å². The lowest BCUT2D eigenvalue weighted by molar-refractivity contribution is 0.317. The molecule has 0 bridgehead atoms. The summed E-state index contributed by atoms with van der Waals surface area (Å²) in [7, 11) is 2.12. The van der Waals surface area contributed by atoms with Crippen LogP contribution < -0.4 is 5.56 Å². The summed E-state index contributed by atoms with van der Waals surface area (Å²) in [5, 5.41) is 0. The molecular formula is C11H16N2O. The highest BCUT2D eigenvalue weighted by atomic mass is 16.1. The van der Waals surface area contributed by atoms with Gasteiger partial charge in [0.15, 0.2) is 0 Å². The topological polar surface area (TPSA) is 36.1 Å². The third-order valence-electron chi connectivity index (χ3n) is 2.91. The van der Waals surface area contributed by atoms with Crippen molar-refractivity contribution >= 4 is 0 Å². The summed E-state index contributed by atoms with van der Waals surface area (Å²) < 4.78 is 0. The summed E-state index contributed by atoms with van der Waals surface area (Å²) in [6.45, 7) is 3.07. The molecule has 0 amide bonds. The second-order valence-electron chi connectivity index (χ2n) is 4.10. The average molecular weight is 192 g/mol. The minimum atomic E-state index is 0.0142. The van der Waals surface area contributed by atoms with Crippen LogP contribution in [0.1, 0.15) is 30.1 Å². The molecule has 76 valence electrons. The molecule has 3 nitrogen and oxygen atoms in total. The van der Waals surface area contributed by atoms with E-state index in [0.717, 1.165) is 17.8 Å². The summed E-state index contributed by atoms with van der Waals surface area (Å²) in [6.07, 6.45) is 2.40. The van der Waals surface area contributed by atoms with Crippen molar-refractivity contribution in [2.45, 2.75) is 25.8 Å². The quantitative estimate of drug-likeness (QED) is 0.731. The van der Waals surface area contributed by atoms with Gasteiger partial charge in [-0.25, -0.2) is 0 Å². The number of likely N-dealkylation sites (tertiary alicyclic amines) is 1. The van der Waals surface area contributed by atoms with Crippen molar-refractivity contribution in [3.8, 4) is 0 Å². The number of aromatic nitrogens is 1. The van der Waals surface area contributed by atoms with E-state index in [0.29, 0.717) is 6.04 Å². The van der Waals surface area contributed by atoms with Crippen LogP contribution in [0.4, 0.5) is 0 Å². The van der Waals surface area contributed by atoms with Gasteiger partial charge in [-0.2, -0.15) is 0 Å². The third-order valence-corrected chi connectivity index (χ3v) is 2.91. The number of pyridine rings is 1. The molecule has 3 heteroatoms. The van der Waals surface area contributed by atoms with Crippen LogP contribution in [0.15, 0.2) is 16.9 Å². The van der Waals surface area contributed by atoms with E-state index in [1.807, 2.05) is 6.92 Å². The number of hydrogen-bond donors (Lipinski definition) is 1. The molecule has 2 rings (SSSR count). The first kappa shape index (κ1) is 9.46. The van der Waals surface area contributed by atoms with Crippen LogP contribution in [-0.4, -0.2) is 23.5 Å². The SMILES string of the molecule is Cc1cc(C2CCCN2C)cc(=O)[nH]1. The van der Waals surface area contributed by atoms with Crippen LogP contribution in [0.2, 0.25) is 0 Å². The van der Waals surface area contributed by atoms with Gasteiger partial charge in [0.25, 0.3) is 0 Å². The number of nitrogens with one attached hydrogen (secondary N) is 1. The molecule has 0 aliphatic carbocycles. The van der Waals surface area contributed by atoms with Crippen LogP contribution in [0, 0.1) is 6.92 Å². The van der Waals surface area contributed by atoms with Gasteiger partial charge in [-0.15, -0.1) is 0 Å². The maximum absolute atomic E-state index is 11.3. The number of hydrogen-bond acceptors (Lipinski definition) is 2. The fourth-order valence-electron chi connectivity index (χ4n) is 2.23. The van der Waals surface area contributed by atoms with Crippen molar-refractivity contribution < 1.29 is 0 Å². The standard InChI is InChI=1S/C11H16N2O/c1-8-6-9(7-11(14)12-8)10-4-3-5-13(10)2/h6-7,10H,3-5H2,1-2H3,(H,12,14). The fourth-order valence-corrected chi connectivity index (χ4v) is 2.23. The minimum Gasteiger partial charge on any atom is -0.326 e. The van der Waals surface area contributed by atoms with Gasteiger partial charge >= 0.3 is 0 Å². The molecule has 1 unspecified atom stereocenters. The maximum atomic E-state index is 11.3. The van der Waals surface area contributed by atoms with E-state index in [9.17, 15) is 4.79 Å². The number of rotatable bonds is 1. The number of aryl methyl sites for hydroxylation is 1. The fraction of sp³-hybridized carbons (Fsp3) is 0.545. The van der Waals surface area contributed by atoms with Gasteiger partial charge in [0.2, 0.25) is 5.56 Å². The Kier molecular flexibility index (Phi) is 2.42. The van der Waals surface area contributed by atoms with Crippen molar-refractivity contribution in [2.24, 2.45) is 0 Å². The van der Waals surface area contributed by atoms with Crippen molar-refractivity contribution in [2.75, 3.05) is 13.6 Å². The van der Waals surface area contributed by atoms with Crippen LogP contribution in [-0.2, 0) is 0 Å². The van der Waals surface area contributed by atoms with Crippen molar-refractivity contribution in [3.63, 3.8) is 0 Å². The first-order chi connectivity index (χ1) is 6.66. The predicted molar refractivity (Wildman–Crippen MR) is 56.4 cm³/mol. The lowest BCUT2D eigenvalue weighted by Gasteiger charge is -2.19. The van der Waals surface area contributed by atoms with Gasteiger partial charge in [-0.05, 0) is 45.0 Å². The Morgan fingerprint density at radius 2 is 2.29 bits per heavy atom. The summed E-state index contributed by atoms with van der Waals surface area (Å²) in [6, 6.07) is 4.24. The molecule has 0 saturated carbocycles. The lowest BCUT2D eigenvalue weighted by atomic mass is 10.1. The molecule has 0 radical (unpaired) electrons. The molecule has 1 aliphatic rings. The second-order valence-corrected chi connectivity index (χ2v) is 4.10. The van der Waals surface area contributed by atoms with Crippen LogP contribution in [0.25, 0.3) is 0 Å². The largest absolute Gasteiger partial charge is 0.326 e. The highest BCUT2D eigenvalue weighted by Gasteiger charge is 2.22. The molecule has 1 aromatic rings. The van der Waals surface area contributed by atoms with Crippen LogP contribution >= 0.6 is 0 Å². The molecule has 1 N–H and O–H groups in total. The van der Waals surface area contributed by atoms with Gasteiger partial charge in [-0.3, -0.25) is 9.69 Å².